The Balaban J connectivity index is 1.62. The third-order valence-corrected chi connectivity index (χ3v) is 5.07. The molecule has 110 valence electrons. The molecule has 0 aromatic carbocycles. The van der Waals surface area contributed by atoms with Gasteiger partial charge in [-0.1, -0.05) is 6.42 Å². The van der Waals surface area contributed by atoms with E-state index in [4.69, 9.17) is 5.73 Å². The standard InChI is InChI=1S/C16H25N3O/c1-10(2)19-9-14(17)7-15(19)16(20)18-8-13-6-11-3-4-12(13)5-11/h7,9-13H,3-6,8,17H2,1-2H3,(H,18,20). The molecule has 20 heavy (non-hydrogen) atoms. The Morgan fingerprint density at radius 2 is 2.25 bits per heavy atom. The molecule has 4 heteroatoms. The van der Waals surface area contributed by atoms with Crippen LogP contribution in [-0.2, 0) is 0 Å². The maximum absolute atomic E-state index is 12.4. The van der Waals surface area contributed by atoms with Crippen molar-refractivity contribution in [1.82, 2.24) is 9.88 Å². The van der Waals surface area contributed by atoms with Crippen LogP contribution < -0.4 is 11.1 Å². The summed E-state index contributed by atoms with van der Waals surface area (Å²) >= 11 is 0. The van der Waals surface area contributed by atoms with E-state index in [0.29, 0.717) is 17.3 Å². The molecule has 4 nitrogen and oxygen atoms in total. The van der Waals surface area contributed by atoms with Crippen molar-refractivity contribution in [3.8, 4) is 0 Å². The maximum atomic E-state index is 12.4. The van der Waals surface area contributed by atoms with E-state index in [1.54, 1.807) is 6.07 Å². The Hall–Kier alpha value is -1.45. The summed E-state index contributed by atoms with van der Waals surface area (Å²) < 4.78 is 1.95. The second kappa shape index (κ2) is 5.15. The molecule has 3 N–H and O–H groups in total. The van der Waals surface area contributed by atoms with Crippen molar-refractivity contribution < 1.29 is 4.79 Å². The molecule has 1 heterocycles. The van der Waals surface area contributed by atoms with E-state index in [9.17, 15) is 4.79 Å². The molecule has 2 aliphatic rings. The first-order chi connectivity index (χ1) is 9.54. The summed E-state index contributed by atoms with van der Waals surface area (Å²) in [6.45, 7) is 4.95. The van der Waals surface area contributed by atoms with Gasteiger partial charge in [-0.2, -0.15) is 0 Å². The second-order valence-electron chi connectivity index (χ2n) is 6.80. The number of nitrogens with two attached hydrogens (primary N) is 1. The number of rotatable bonds is 4. The van der Waals surface area contributed by atoms with Crippen molar-refractivity contribution in [3.63, 3.8) is 0 Å². The molecule has 2 aliphatic carbocycles. The topological polar surface area (TPSA) is 60.0 Å². The van der Waals surface area contributed by atoms with E-state index >= 15 is 0 Å². The van der Waals surface area contributed by atoms with Crippen molar-refractivity contribution in [3.05, 3.63) is 18.0 Å². The summed E-state index contributed by atoms with van der Waals surface area (Å²) in [5, 5.41) is 3.12. The first-order valence-electron chi connectivity index (χ1n) is 7.80. The van der Waals surface area contributed by atoms with Crippen LogP contribution in [0.5, 0.6) is 0 Å². The van der Waals surface area contributed by atoms with E-state index in [1.165, 1.54) is 25.7 Å². The predicted octanol–water partition coefficient (Wildman–Crippen LogP) is 2.82. The Morgan fingerprint density at radius 1 is 1.45 bits per heavy atom. The highest BCUT2D eigenvalue weighted by atomic mass is 16.1. The zero-order valence-electron chi connectivity index (χ0n) is 12.4. The SMILES string of the molecule is CC(C)n1cc(N)cc1C(=O)NCC1CC2CCC1C2. The average Bonchev–Trinajstić information content (AvgIpc) is 3.09. The summed E-state index contributed by atoms with van der Waals surface area (Å²) in [5.74, 6) is 2.48. The van der Waals surface area contributed by atoms with Gasteiger partial charge in [0.2, 0.25) is 0 Å². The van der Waals surface area contributed by atoms with Crippen LogP contribution in [0.25, 0.3) is 0 Å². The minimum absolute atomic E-state index is 0.0122. The van der Waals surface area contributed by atoms with Gasteiger partial charge in [-0.05, 0) is 56.9 Å². The molecule has 2 bridgehead atoms. The molecular formula is C16H25N3O. The zero-order chi connectivity index (χ0) is 14.3. The van der Waals surface area contributed by atoms with Crippen molar-refractivity contribution in [2.45, 2.75) is 45.6 Å². The number of anilines is 1. The fourth-order valence-corrected chi connectivity index (χ4v) is 4.05. The Morgan fingerprint density at radius 3 is 2.85 bits per heavy atom. The highest BCUT2D eigenvalue weighted by molar-refractivity contribution is 5.93. The molecule has 1 aromatic rings. The third kappa shape index (κ3) is 2.43. The molecule has 2 fully saturated rings. The molecule has 0 saturated heterocycles. The lowest BCUT2D eigenvalue weighted by atomic mass is 9.89. The fraction of sp³-hybridized carbons (Fsp3) is 0.688. The number of nitrogens with zero attached hydrogens (tertiary/aromatic N) is 1. The van der Waals surface area contributed by atoms with Crippen LogP contribution in [0.3, 0.4) is 0 Å². The quantitative estimate of drug-likeness (QED) is 0.887. The summed E-state index contributed by atoms with van der Waals surface area (Å²) in [6, 6.07) is 2.02. The zero-order valence-corrected chi connectivity index (χ0v) is 12.4. The highest BCUT2D eigenvalue weighted by Gasteiger charge is 2.39. The highest BCUT2D eigenvalue weighted by Crippen LogP contribution is 2.47. The van der Waals surface area contributed by atoms with Crippen LogP contribution in [-0.4, -0.2) is 17.0 Å². The monoisotopic (exact) mass is 275 g/mol. The van der Waals surface area contributed by atoms with Gasteiger partial charge in [0.25, 0.3) is 5.91 Å². The van der Waals surface area contributed by atoms with Gasteiger partial charge in [-0.25, -0.2) is 0 Å². The summed E-state index contributed by atoms with van der Waals surface area (Å²) in [7, 11) is 0. The van der Waals surface area contributed by atoms with E-state index < -0.39 is 0 Å². The maximum Gasteiger partial charge on any atom is 0.268 e. The molecule has 0 spiro atoms. The summed E-state index contributed by atoms with van der Waals surface area (Å²) in [6.07, 6.45) is 7.30. The van der Waals surface area contributed by atoms with Gasteiger partial charge in [0.1, 0.15) is 5.69 Å². The van der Waals surface area contributed by atoms with Gasteiger partial charge >= 0.3 is 0 Å². The Kier molecular flexibility index (Phi) is 3.48. The fourth-order valence-electron chi connectivity index (χ4n) is 4.05. The van der Waals surface area contributed by atoms with Gasteiger partial charge in [0.05, 0.1) is 5.69 Å². The predicted molar refractivity (Wildman–Crippen MR) is 80.5 cm³/mol. The van der Waals surface area contributed by atoms with Crippen LogP contribution in [0, 0.1) is 17.8 Å². The number of carbonyl (C=O) groups is 1. The Labute approximate surface area is 120 Å². The van der Waals surface area contributed by atoms with Crippen LogP contribution in [0.1, 0.15) is 56.1 Å². The smallest absolute Gasteiger partial charge is 0.268 e. The molecule has 2 saturated carbocycles. The molecule has 0 aliphatic heterocycles. The number of aromatic nitrogens is 1. The van der Waals surface area contributed by atoms with Gasteiger partial charge < -0.3 is 15.6 Å². The number of hydrogen-bond acceptors (Lipinski definition) is 2. The van der Waals surface area contributed by atoms with Crippen molar-refractivity contribution >= 4 is 11.6 Å². The molecule has 3 unspecified atom stereocenters. The molecule has 3 rings (SSSR count). The molecule has 1 amide bonds. The van der Waals surface area contributed by atoms with Crippen molar-refractivity contribution in [2.24, 2.45) is 17.8 Å². The number of hydrogen-bond donors (Lipinski definition) is 2. The molecule has 3 atom stereocenters. The summed E-state index contributed by atoms with van der Waals surface area (Å²) in [5.41, 5.74) is 7.16. The number of amides is 1. The Bertz CT molecular complexity index is 506. The van der Waals surface area contributed by atoms with Crippen LogP contribution in [0.4, 0.5) is 5.69 Å². The average molecular weight is 275 g/mol. The van der Waals surface area contributed by atoms with Gasteiger partial charge in [0, 0.05) is 18.8 Å². The summed E-state index contributed by atoms with van der Waals surface area (Å²) in [4.78, 5) is 12.4. The van der Waals surface area contributed by atoms with Gasteiger partial charge in [-0.3, -0.25) is 4.79 Å². The first kappa shape index (κ1) is 13.5. The van der Waals surface area contributed by atoms with Gasteiger partial charge in [-0.15, -0.1) is 0 Å². The van der Waals surface area contributed by atoms with Crippen molar-refractivity contribution in [1.29, 1.82) is 0 Å². The minimum atomic E-state index is 0.0122. The van der Waals surface area contributed by atoms with Gasteiger partial charge in [0.15, 0.2) is 0 Å². The third-order valence-electron chi connectivity index (χ3n) is 5.07. The second-order valence-corrected chi connectivity index (χ2v) is 6.80. The largest absolute Gasteiger partial charge is 0.397 e. The molecular weight excluding hydrogens is 250 g/mol. The normalized spacial score (nSPS) is 28.2. The lowest BCUT2D eigenvalue weighted by molar-refractivity contribution is 0.0931. The van der Waals surface area contributed by atoms with Crippen LogP contribution in [0.2, 0.25) is 0 Å². The number of fused-ring (bicyclic) bond motifs is 2. The lowest BCUT2D eigenvalue weighted by Gasteiger charge is -2.22. The number of nitrogen functional groups attached to an aromatic ring is 1. The van der Waals surface area contributed by atoms with E-state index in [0.717, 1.165) is 18.4 Å². The first-order valence-corrected chi connectivity index (χ1v) is 7.80. The minimum Gasteiger partial charge on any atom is -0.397 e. The van der Waals surface area contributed by atoms with Crippen LogP contribution in [0.15, 0.2) is 12.3 Å². The van der Waals surface area contributed by atoms with E-state index in [-0.39, 0.29) is 11.9 Å². The van der Waals surface area contributed by atoms with Crippen LogP contribution >= 0.6 is 0 Å². The van der Waals surface area contributed by atoms with E-state index in [1.807, 2.05) is 10.8 Å². The van der Waals surface area contributed by atoms with Crippen molar-refractivity contribution in [2.75, 3.05) is 12.3 Å². The molecule has 0 radical (unpaired) electrons. The number of nitrogens with one attached hydrogen (secondary N) is 1. The number of carbonyl (C=O) groups excluding carboxylic acids is 1. The lowest BCUT2D eigenvalue weighted by Crippen LogP contribution is -2.32. The molecule has 1 aromatic heterocycles. The van der Waals surface area contributed by atoms with E-state index in [2.05, 4.69) is 19.2 Å².